The first-order valence-corrected chi connectivity index (χ1v) is 6.62. The summed E-state index contributed by atoms with van der Waals surface area (Å²) in [6.07, 6.45) is 2.44. The van der Waals surface area contributed by atoms with Gasteiger partial charge in [-0.2, -0.15) is 0 Å². The van der Waals surface area contributed by atoms with E-state index < -0.39 is 5.41 Å². The molecular weight excluding hydrogens is 226 g/mol. The molecule has 3 heteroatoms. The van der Waals surface area contributed by atoms with Crippen LogP contribution in [0.25, 0.3) is 0 Å². The van der Waals surface area contributed by atoms with Crippen molar-refractivity contribution in [3.8, 4) is 0 Å². The first-order valence-electron chi connectivity index (χ1n) is 6.62. The van der Waals surface area contributed by atoms with Crippen LogP contribution in [-0.2, 0) is 15.0 Å². The van der Waals surface area contributed by atoms with Crippen LogP contribution < -0.4 is 4.90 Å². The van der Waals surface area contributed by atoms with E-state index in [1.807, 2.05) is 30.0 Å². The monoisotopic (exact) mass is 243 g/mol. The van der Waals surface area contributed by atoms with Crippen molar-refractivity contribution in [3.63, 3.8) is 0 Å². The van der Waals surface area contributed by atoms with Crippen LogP contribution in [0.15, 0.2) is 24.3 Å². The molecule has 0 aromatic heterocycles. The number of benzene rings is 1. The Morgan fingerprint density at radius 3 is 2.50 bits per heavy atom. The minimum Gasteiger partial charge on any atom is -0.312 e. The maximum absolute atomic E-state index is 12.7. The lowest BCUT2D eigenvalue weighted by molar-refractivity contribution is -0.127. The fourth-order valence-corrected chi connectivity index (χ4v) is 3.35. The van der Waals surface area contributed by atoms with Crippen LogP contribution in [0, 0.1) is 0 Å². The zero-order valence-corrected chi connectivity index (χ0v) is 10.6. The number of hydrogen-bond donors (Lipinski definition) is 0. The van der Waals surface area contributed by atoms with Gasteiger partial charge < -0.3 is 4.90 Å². The lowest BCUT2D eigenvalue weighted by Gasteiger charge is -2.31. The number of amides is 1. The highest BCUT2D eigenvalue weighted by atomic mass is 16.2. The number of fused-ring (bicyclic) bond motifs is 2. The molecule has 1 aliphatic heterocycles. The Balaban J connectivity index is 2.11. The average Bonchev–Trinajstić information content (AvgIpc) is 2.63. The smallest absolute Gasteiger partial charge is 0.237 e. The summed E-state index contributed by atoms with van der Waals surface area (Å²) in [6, 6.07) is 8.03. The second kappa shape index (κ2) is 3.94. The molecular formula is C15H17NO2. The summed E-state index contributed by atoms with van der Waals surface area (Å²) in [5.74, 6) is 0.486. The Labute approximate surface area is 107 Å². The van der Waals surface area contributed by atoms with E-state index in [0.717, 1.165) is 11.3 Å². The van der Waals surface area contributed by atoms with Crippen molar-refractivity contribution in [2.75, 3.05) is 11.4 Å². The van der Waals surface area contributed by atoms with E-state index in [9.17, 15) is 9.59 Å². The van der Waals surface area contributed by atoms with Gasteiger partial charge in [0.1, 0.15) is 5.78 Å². The highest BCUT2D eigenvalue weighted by Crippen LogP contribution is 2.49. The van der Waals surface area contributed by atoms with Gasteiger partial charge in [0.15, 0.2) is 0 Å². The summed E-state index contributed by atoms with van der Waals surface area (Å²) in [5, 5.41) is 0. The molecule has 1 aromatic rings. The van der Waals surface area contributed by atoms with Gasteiger partial charge in [-0.1, -0.05) is 18.2 Å². The van der Waals surface area contributed by atoms with E-state index in [-0.39, 0.29) is 5.91 Å². The number of Topliss-reactive ketones (excluding diaryl/α,β-unsaturated/α-hetero) is 1. The zero-order valence-electron chi connectivity index (χ0n) is 10.6. The van der Waals surface area contributed by atoms with Gasteiger partial charge in [-0.25, -0.2) is 0 Å². The number of carbonyl (C=O) groups excluding carboxylic acids is 2. The van der Waals surface area contributed by atoms with E-state index in [0.29, 0.717) is 38.0 Å². The van der Waals surface area contributed by atoms with Gasteiger partial charge in [-0.15, -0.1) is 0 Å². The van der Waals surface area contributed by atoms with Gasteiger partial charge in [0.25, 0.3) is 0 Å². The zero-order chi connectivity index (χ0) is 12.8. The lowest BCUT2D eigenvalue weighted by Crippen LogP contribution is -2.42. The molecule has 1 saturated carbocycles. The number of para-hydroxylation sites is 1. The summed E-state index contributed by atoms with van der Waals surface area (Å²) >= 11 is 0. The first kappa shape index (κ1) is 11.5. The molecule has 1 amide bonds. The van der Waals surface area contributed by atoms with Gasteiger partial charge in [0.05, 0.1) is 5.41 Å². The van der Waals surface area contributed by atoms with Crippen LogP contribution in [0.1, 0.15) is 38.2 Å². The minimum absolute atomic E-state index is 0.193. The number of likely N-dealkylation sites (N-methyl/N-ethyl adjacent to an activating group) is 1. The third-order valence-electron chi connectivity index (χ3n) is 4.34. The maximum Gasteiger partial charge on any atom is 0.237 e. The van der Waals surface area contributed by atoms with Crippen LogP contribution in [0.5, 0.6) is 0 Å². The third-order valence-corrected chi connectivity index (χ3v) is 4.34. The Kier molecular flexibility index (Phi) is 2.51. The molecule has 0 N–H and O–H groups in total. The van der Waals surface area contributed by atoms with Crippen LogP contribution in [-0.4, -0.2) is 18.2 Å². The topological polar surface area (TPSA) is 37.4 Å². The highest BCUT2D eigenvalue weighted by molar-refractivity contribution is 6.09. The summed E-state index contributed by atoms with van der Waals surface area (Å²) in [5.41, 5.74) is 1.75. The van der Waals surface area contributed by atoms with Crippen molar-refractivity contribution in [2.24, 2.45) is 0 Å². The van der Waals surface area contributed by atoms with Crippen molar-refractivity contribution in [1.29, 1.82) is 0 Å². The van der Waals surface area contributed by atoms with Gasteiger partial charge in [-0.05, 0) is 31.4 Å². The average molecular weight is 243 g/mol. The van der Waals surface area contributed by atoms with Gasteiger partial charge in [0, 0.05) is 25.1 Å². The van der Waals surface area contributed by atoms with E-state index in [4.69, 9.17) is 0 Å². The number of nitrogens with zero attached hydrogens (tertiary/aromatic N) is 1. The van der Waals surface area contributed by atoms with Crippen molar-refractivity contribution in [2.45, 2.75) is 38.0 Å². The normalized spacial score (nSPS) is 21.5. The summed E-state index contributed by atoms with van der Waals surface area (Å²) in [4.78, 5) is 26.0. The molecule has 1 aliphatic carbocycles. The molecule has 0 bridgehead atoms. The quantitative estimate of drug-likeness (QED) is 0.759. The SMILES string of the molecule is CCN1C(=O)C2(CCC(=O)CC2)c2ccccc21. The largest absolute Gasteiger partial charge is 0.312 e. The van der Waals surface area contributed by atoms with Crippen molar-refractivity contribution < 1.29 is 9.59 Å². The number of carbonyl (C=O) groups is 2. The number of ketones is 1. The molecule has 3 nitrogen and oxygen atoms in total. The first-order chi connectivity index (χ1) is 8.69. The van der Waals surface area contributed by atoms with Crippen LogP contribution in [0.4, 0.5) is 5.69 Å². The number of rotatable bonds is 1. The predicted octanol–water partition coefficient (Wildman–Crippen LogP) is 2.43. The van der Waals surface area contributed by atoms with E-state index in [2.05, 4.69) is 6.07 Å². The highest BCUT2D eigenvalue weighted by Gasteiger charge is 2.51. The van der Waals surface area contributed by atoms with Gasteiger partial charge >= 0.3 is 0 Å². The van der Waals surface area contributed by atoms with Crippen molar-refractivity contribution in [3.05, 3.63) is 29.8 Å². The Morgan fingerprint density at radius 1 is 1.17 bits per heavy atom. The predicted molar refractivity (Wildman–Crippen MR) is 69.6 cm³/mol. The van der Waals surface area contributed by atoms with Crippen LogP contribution >= 0.6 is 0 Å². The molecule has 3 rings (SSSR count). The number of anilines is 1. The molecule has 1 aromatic carbocycles. The fraction of sp³-hybridized carbons (Fsp3) is 0.467. The van der Waals surface area contributed by atoms with Crippen LogP contribution in [0.2, 0.25) is 0 Å². The molecule has 18 heavy (non-hydrogen) atoms. The Bertz CT molecular complexity index is 511. The minimum atomic E-state index is -0.416. The lowest BCUT2D eigenvalue weighted by atomic mass is 9.70. The maximum atomic E-state index is 12.7. The molecule has 2 aliphatic rings. The molecule has 1 spiro atoms. The van der Waals surface area contributed by atoms with Gasteiger partial charge in [-0.3, -0.25) is 9.59 Å². The fourth-order valence-electron chi connectivity index (χ4n) is 3.35. The molecule has 0 unspecified atom stereocenters. The third kappa shape index (κ3) is 1.36. The molecule has 1 fully saturated rings. The van der Waals surface area contributed by atoms with E-state index in [1.165, 1.54) is 0 Å². The van der Waals surface area contributed by atoms with E-state index in [1.54, 1.807) is 0 Å². The second-order valence-corrected chi connectivity index (χ2v) is 5.19. The second-order valence-electron chi connectivity index (χ2n) is 5.19. The summed E-state index contributed by atoms with van der Waals surface area (Å²) in [6.45, 7) is 2.70. The van der Waals surface area contributed by atoms with Gasteiger partial charge in [0.2, 0.25) is 5.91 Å². The Morgan fingerprint density at radius 2 is 1.83 bits per heavy atom. The molecule has 0 saturated heterocycles. The molecule has 94 valence electrons. The standard InChI is InChI=1S/C15H17NO2/c1-2-16-13-6-4-3-5-12(13)15(14(16)18)9-7-11(17)8-10-15/h3-6H,2,7-10H2,1H3. The summed E-state index contributed by atoms with van der Waals surface area (Å²) in [7, 11) is 0. The van der Waals surface area contributed by atoms with E-state index >= 15 is 0 Å². The van der Waals surface area contributed by atoms with Crippen molar-refractivity contribution in [1.82, 2.24) is 0 Å². The molecule has 0 radical (unpaired) electrons. The van der Waals surface area contributed by atoms with Crippen molar-refractivity contribution >= 4 is 17.4 Å². The molecule has 0 atom stereocenters. The van der Waals surface area contributed by atoms with Crippen LogP contribution in [0.3, 0.4) is 0 Å². The summed E-state index contributed by atoms with van der Waals surface area (Å²) < 4.78 is 0. The molecule has 1 heterocycles. The Hall–Kier alpha value is -1.64. The number of hydrogen-bond acceptors (Lipinski definition) is 2.